The highest BCUT2D eigenvalue weighted by atomic mass is 32.1. The number of pyridine rings is 1. The van der Waals surface area contributed by atoms with E-state index in [2.05, 4.69) is 53.8 Å². The van der Waals surface area contributed by atoms with Crippen LogP contribution in [0.1, 0.15) is 24.3 Å². The zero-order valence-corrected chi connectivity index (χ0v) is 11.8. The smallest absolute Gasteiger partial charge is 0.0270 e. The molecule has 18 heavy (non-hydrogen) atoms. The summed E-state index contributed by atoms with van der Waals surface area (Å²) >= 11 is 1.84. The molecule has 0 radical (unpaired) electrons. The Hall–Kier alpha value is -1.19. The van der Waals surface area contributed by atoms with Gasteiger partial charge in [0.05, 0.1) is 0 Å². The summed E-state index contributed by atoms with van der Waals surface area (Å²) in [7, 11) is 0. The molecule has 2 nitrogen and oxygen atoms in total. The largest absolute Gasteiger partial charge is 0.316 e. The summed E-state index contributed by atoms with van der Waals surface area (Å²) in [6, 6.07) is 8.49. The predicted octanol–water partition coefficient (Wildman–Crippen LogP) is 3.25. The molecule has 0 aliphatic heterocycles. The van der Waals surface area contributed by atoms with Crippen molar-refractivity contribution in [2.24, 2.45) is 0 Å². The Balaban J connectivity index is 1.76. The summed E-state index contributed by atoms with van der Waals surface area (Å²) < 4.78 is 0. The second-order valence-electron chi connectivity index (χ2n) is 5.14. The number of rotatable bonds is 6. The Morgan fingerprint density at radius 1 is 1.22 bits per heavy atom. The van der Waals surface area contributed by atoms with Gasteiger partial charge in [0.2, 0.25) is 0 Å². The van der Waals surface area contributed by atoms with E-state index in [9.17, 15) is 0 Å². The van der Waals surface area contributed by atoms with Gasteiger partial charge in [-0.3, -0.25) is 4.98 Å². The SMILES string of the molecule is CC(C)(CNCCc1ccncc1)c1cccs1. The molecular weight excluding hydrogens is 240 g/mol. The van der Waals surface area contributed by atoms with Crippen molar-refractivity contribution in [3.63, 3.8) is 0 Å². The van der Waals surface area contributed by atoms with Crippen LogP contribution in [0.25, 0.3) is 0 Å². The average Bonchev–Trinajstić information content (AvgIpc) is 2.91. The highest BCUT2D eigenvalue weighted by molar-refractivity contribution is 7.10. The van der Waals surface area contributed by atoms with Crippen molar-refractivity contribution >= 4 is 11.3 Å². The zero-order valence-electron chi connectivity index (χ0n) is 11.0. The van der Waals surface area contributed by atoms with E-state index in [-0.39, 0.29) is 5.41 Å². The normalized spacial score (nSPS) is 11.7. The second-order valence-corrected chi connectivity index (χ2v) is 6.09. The van der Waals surface area contributed by atoms with Gasteiger partial charge < -0.3 is 5.32 Å². The summed E-state index contributed by atoms with van der Waals surface area (Å²) in [5.74, 6) is 0. The lowest BCUT2D eigenvalue weighted by Gasteiger charge is -2.23. The van der Waals surface area contributed by atoms with Gasteiger partial charge in [0.25, 0.3) is 0 Å². The van der Waals surface area contributed by atoms with E-state index in [1.165, 1.54) is 10.4 Å². The highest BCUT2D eigenvalue weighted by Crippen LogP contribution is 2.26. The lowest BCUT2D eigenvalue weighted by Crippen LogP contribution is -2.33. The second kappa shape index (κ2) is 6.12. The topological polar surface area (TPSA) is 24.9 Å². The van der Waals surface area contributed by atoms with Crippen LogP contribution in [-0.4, -0.2) is 18.1 Å². The van der Waals surface area contributed by atoms with Crippen molar-refractivity contribution < 1.29 is 0 Å². The van der Waals surface area contributed by atoms with Crippen molar-refractivity contribution in [2.75, 3.05) is 13.1 Å². The first kappa shape index (κ1) is 13.2. The lowest BCUT2D eigenvalue weighted by atomic mass is 9.91. The fourth-order valence-corrected chi connectivity index (χ4v) is 2.79. The van der Waals surface area contributed by atoms with Gasteiger partial charge in [-0.15, -0.1) is 11.3 Å². The summed E-state index contributed by atoms with van der Waals surface area (Å²) in [6.45, 7) is 6.61. The van der Waals surface area contributed by atoms with Crippen LogP contribution in [-0.2, 0) is 11.8 Å². The van der Waals surface area contributed by atoms with Crippen molar-refractivity contribution in [2.45, 2.75) is 25.7 Å². The quantitative estimate of drug-likeness (QED) is 0.806. The molecule has 0 atom stereocenters. The van der Waals surface area contributed by atoms with Gasteiger partial charge in [0, 0.05) is 29.2 Å². The molecule has 2 rings (SSSR count). The molecular formula is C15H20N2S. The number of nitrogens with zero attached hydrogens (tertiary/aromatic N) is 1. The maximum Gasteiger partial charge on any atom is 0.0270 e. The Bertz CT molecular complexity index is 449. The van der Waals surface area contributed by atoms with Crippen LogP contribution in [0.4, 0.5) is 0 Å². The number of nitrogens with one attached hydrogen (secondary N) is 1. The number of hydrogen-bond donors (Lipinski definition) is 1. The molecule has 0 unspecified atom stereocenters. The summed E-state index contributed by atoms with van der Waals surface area (Å²) in [6.07, 6.45) is 4.76. The molecule has 96 valence electrons. The van der Waals surface area contributed by atoms with Gasteiger partial charge in [-0.1, -0.05) is 19.9 Å². The van der Waals surface area contributed by atoms with Gasteiger partial charge in [-0.2, -0.15) is 0 Å². The molecule has 2 aromatic rings. The number of aromatic nitrogens is 1. The highest BCUT2D eigenvalue weighted by Gasteiger charge is 2.20. The summed E-state index contributed by atoms with van der Waals surface area (Å²) in [5.41, 5.74) is 1.55. The minimum absolute atomic E-state index is 0.215. The standard InChI is InChI=1S/C15H20N2S/c1-15(2,14-4-3-11-18-14)12-17-10-7-13-5-8-16-9-6-13/h3-6,8-9,11,17H,7,10,12H2,1-2H3. The molecule has 2 heterocycles. The average molecular weight is 260 g/mol. The fraction of sp³-hybridized carbons (Fsp3) is 0.400. The number of thiophene rings is 1. The Morgan fingerprint density at radius 2 is 2.00 bits per heavy atom. The van der Waals surface area contributed by atoms with Crippen LogP contribution in [0.3, 0.4) is 0 Å². The Morgan fingerprint density at radius 3 is 2.67 bits per heavy atom. The molecule has 0 saturated carbocycles. The van der Waals surface area contributed by atoms with Crippen LogP contribution in [0, 0.1) is 0 Å². The monoisotopic (exact) mass is 260 g/mol. The maximum atomic E-state index is 4.03. The summed E-state index contributed by atoms with van der Waals surface area (Å²) in [4.78, 5) is 5.47. The molecule has 0 aliphatic carbocycles. The van der Waals surface area contributed by atoms with E-state index in [0.717, 1.165) is 19.5 Å². The van der Waals surface area contributed by atoms with E-state index in [4.69, 9.17) is 0 Å². The Labute approximate surface area is 113 Å². The number of hydrogen-bond acceptors (Lipinski definition) is 3. The Kier molecular flexibility index (Phi) is 4.50. The third kappa shape index (κ3) is 3.65. The molecule has 1 N–H and O–H groups in total. The fourth-order valence-electron chi connectivity index (χ4n) is 1.93. The first-order valence-corrected chi connectivity index (χ1v) is 7.20. The molecule has 0 spiro atoms. The van der Waals surface area contributed by atoms with E-state index >= 15 is 0 Å². The van der Waals surface area contributed by atoms with Crippen LogP contribution in [0.2, 0.25) is 0 Å². The first-order valence-electron chi connectivity index (χ1n) is 6.32. The van der Waals surface area contributed by atoms with Crippen LogP contribution in [0.5, 0.6) is 0 Å². The summed E-state index contributed by atoms with van der Waals surface area (Å²) in [5, 5.41) is 5.70. The van der Waals surface area contributed by atoms with Crippen LogP contribution < -0.4 is 5.32 Å². The van der Waals surface area contributed by atoms with Crippen molar-refractivity contribution in [3.8, 4) is 0 Å². The first-order chi connectivity index (χ1) is 8.68. The molecule has 3 heteroatoms. The molecule has 0 amide bonds. The van der Waals surface area contributed by atoms with E-state index in [0.29, 0.717) is 0 Å². The minimum Gasteiger partial charge on any atom is -0.316 e. The minimum atomic E-state index is 0.215. The van der Waals surface area contributed by atoms with Gasteiger partial charge in [-0.25, -0.2) is 0 Å². The van der Waals surface area contributed by atoms with Crippen LogP contribution in [0.15, 0.2) is 42.0 Å². The molecule has 0 fully saturated rings. The van der Waals surface area contributed by atoms with Gasteiger partial charge in [-0.05, 0) is 42.1 Å². The lowest BCUT2D eigenvalue weighted by molar-refractivity contribution is 0.479. The van der Waals surface area contributed by atoms with Gasteiger partial charge in [0.15, 0.2) is 0 Å². The van der Waals surface area contributed by atoms with Crippen molar-refractivity contribution in [1.29, 1.82) is 0 Å². The predicted molar refractivity (Wildman–Crippen MR) is 78.2 cm³/mol. The van der Waals surface area contributed by atoms with Crippen molar-refractivity contribution in [1.82, 2.24) is 10.3 Å². The van der Waals surface area contributed by atoms with Gasteiger partial charge >= 0.3 is 0 Å². The van der Waals surface area contributed by atoms with Crippen LogP contribution >= 0.6 is 11.3 Å². The maximum absolute atomic E-state index is 4.03. The van der Waals surface area contributed by atoms with E-state index in [1.54, 1.807) is 0 Å². The molecule has 0 aliphatic rings. The molecule has 0 bridgehead atoms. The molecule has 2 aromatic heterocycles. The van der Waals surface area contributed by atoms with E-state index < -0.39 is 0 Å². The van der Waals surface area contributed by atoms with Gasteiger partial charge in [0.1, 0.15) is 0 Å². The third-order valence-electron chi connectivity index (χ3n) is 3.09. The third-order valence-corrected chi connectivity index (χ3v) is 4.33. The molecule has 0 saturated heterocycles. The van der Waals surface area contributed by atoms with E-state index in [1.807, 2.05) is 23.7 Å². The zero-order chi connectivity index (χ0) is 12.8. The van der Waals surface area contributed by atoms with Crippen molar-refractivity contribution in [3.05, 3.63) is 52.5 Å². The molecule has 0 aromatic carbocycles.